The largest absolute Gasteiger partial charge is 0.493 e. The molecule has 1 aliphatic rings. The van der Waals surface area contributed by atoms with Crippen LogP contribution >= 0.6 is 0 Å². The molecule has 7 heteroatoms. The number of amides is 1. The SMILES string of the molecule is COC(=O)C1=C(C)N(C(C)C)C(=O)/C1=C\c1ccc(OC)c(OC)c1OC. The molecule has 0 saturated heterocycles. The Bertz CT molecular complexity index is 822. The minimum Gasteiger partial charge on any atom is -0.493 e. The Morgan fingerprint density at radius 2 is 1.67 bits per heavy atom. The number of benzene rings is 1. The van der Waals surface area contributed by atoms with Crippen molar-refractivity contribution >= 4 is 18.0 Å². The number of carbonyl (C=O) groups is 2. The molecule has 146 valence electrons. The van der Waals surface area contributed by atoms with Gasteiger partial charge in [-0.05, 0) is 39.0 Å². The second-order valence-corrected chi connectivity index (χ2v) is 6.20. The Morgan fingerprint density at radius 1 is 1.04 bits per heavy atom. The molecule has 0 aliphatic carbocycles. The Morgan fingerprint density at radius 3 is 2.15 bits per heavy atom. The minimum absolute atomic E-state index is 0.102. The van der Waals surface area contributed by atoms with Gasteiger partial charge in [0.25, 0.3) is 5.91 Å². The Hall–Kier alpha value is -2.96. The van der Waals surface area contributed by atoms with E-state index in [4.69, 9.17) is 18.9 Å². The molecule has 1 aliphatic heterocycles. The standard InChI is InChI=1S/C20H25NO6/c1-11(2)21-12(3)16(20(23)27-7)14(19(21)22)10-13-8-9-15(24-4)18(26-6)17(13)25-5/h8-11H,1-7H3/b14-10-. The maximum Gasteiger partial charge on any atom is 0.340 e. The van der Waals surface area contributed by atoms with Crippen LogP contribution in [0.2, 0.25) is 0 Å². The maximum atomic E-state index is 13.0. The third kappa shape index (κ3) is 3.49. The Labute approximate surface area is 159 Å². The van der Waals surface area contributed by atoms with Crippen molar-refractivity contribution in [3.8, 4) is 17.2 Å². The average Bonchev–Trinajstić information content (AvgIpc) is 2.90. The normalized spacial score (nSPS) is 15.6. The molecule has 1 aromatic carbocycles. The third-order valence-corrected chi connectivity index (χ3v) is 4.38. The number of hydrogen-bond donors (Lipinski definition) is 0. The molecule has 0 atom stereocenters. The lowest BCUT2D eigenvalue weighted by atomic mass is 10.0. The maximum absolute atomic E-state index is 13.0. The summed E-state index contributed by atoms with van der Waals surface area (Å²) in [6.45, 7) is 5.50. The van der Waals surface area contributed by atoms with Crippen LogP contribution in [0.25, 0.3) is 6.08 Å². The van der Waals surface area contributed by atoms with Gasteiger partial charge in [-0.15, -0.1) is 0 Å². The van der Waals surface area contributed by atoms with Gasteiger partial charge in [0.1, 0.15) is 0 Å². The van der Waals surface area contributed by atoms with Gasteiger partial charge in [-0.3, -0.25) is 4.79 Å². The van der Waals surface area contributed by atoms with Gasteiger partial charge in [-0.25, -0.2) is 4.79 Å². The Kier molecular flexibility index (Phi) is 6.15. The third-order valence-electron chi connectivity index (χ3n) is 4.38. The summed E-state index contributed by atoms with van der Waals surface area (Å²) >= 11 is 0. The molecule has 0 bridgehead atoms. The van der Waals surface area contributed by atoms with E-state index in [1.54, 1.807) is 30.0 Å². The molecule has 0 radical (unpaired) electrons. The van der Waals surface area contributed by atoms with E-state index in [1.165, 1.54) is 28.4 Å². The molecule has 1 amide bonds. The van der Waals surface area contributed by atoms with Crippen molar-refractivity contribution in [2.45, 2.75) is 26.8 Å². The second-order valence-electron chi connectivity index (χ2n) is 6.20. The first kappa shape index (κ1) is 20.4. The quantitative estimate of drug-likeness (QED) is 0.562. The van der Waals surface area contributed by atoms with Gasteiger partial charge in [0.2, 0.25) is 5.75 Å². The highest BCUT2D eigenvalue weighted by atomic mass is 16.5. The molecule has 7 nitrogen and oxygen atoms in total. The van der Waals surface area contributed by atoms with E-state index in [-0.39, 0.29) is 23.1 Å². The first-order chi connectivity index (χ1) is 12.8. The molecule has 2 rings (SSSR count). The summed E-state index contributed by atoms with van der Waals surface area (Å²) in [5.74, 6) is 0.482. The van der Waals surface area contributed by atoms with Crippen LogP contribution < -0.4 is 14.2 Å². The number of nitrogens with zero attached hydrogens (tertiary/aromatic N) is 1. The van der Waals surface area contributed by atoms with E-state index in [9.17, 15) is 9.59 Å². The molecule has 0 saturated carbocycles. The average molecular weight is 375 g/mol. The summed E-state index contributed by atoms with van der Waals surface area (Å²) in [7, 11) is 5.82. The highest BCUT2D eigenvalue weighted by molar-refractivity contribution is 6.16. The van der Waals surface area contributed by atoms with Crippen LogP contribution in [0.15, 0.2) is 29.0 Å². The first-order valence-corrected chi connectivity index (χ1v) is 8.46. The zero-order valence-electron chi connectivity index (χ0n) is 16.7. The molecule has 0 unspecified atom stereocenters. The summed E-state index contributed by atoms with van der Waals surface area (Å²) in [6, 6.07) is 3.35. The molecule has 0 aromatic heterocycles. The van der Waals surface area contributed by atoms with Crippen LogP contribution in [0.1, 0.15) is 26.3 Å². The molecular formula is C20H25NO6. The zero-order valence-corrected chi connectivity index (χ0v) is 16.7. The summed E-state index contributed by atoms with van der Waals surface area (Å²) in [6.07, 6.45) is 1.61. The summed E-state index contributed by atoms with van der Waals surface area (Å²) in [5, 5.41) is 0. The van der Waals surface area contributed by atoms with Gasteiger partial charge in [-0.2, -0.15) is 0 Å². The summed E-state index contributed by atoms with van der Waals surface area (Å²) in [5.41, 5.74) is 1.64. The molecule has 1 heterocycles. The van der Waals surface area contributed by atoms with Crippen LogP contribution in [0.5, 0.6) is 17.2 Å². The van der Waals surface area contributed by atoms with E-state index in [0.717, 1.165) is 0 Å². The lowest BCUT2D eigenvalue weighted by molar-refractivity contribution is -0.136. The number of carbonyl (C=O) groups excluding carboxylic acids is 2. The van der Waals surface area contributed by atoms with Crippen molar-refractivity contribution in [1.82, 2.24) is 4.90 Å². The molecule has 27 heavy (non-hydrogen) atoms. The monoisotopic (exact) mass is 375 g/mol. The number of hydrogen-bond acceptors (Lipinski definition) is 6. The number of esters is 1. The molecule has 1 aromatic rings. The minimum atomic E-state index is -0.560. The van der Waals surface area contributed by atoms with Crippen molar-refractivity contribution in [3.05, 3.63) is 34.5 Å². The lowest BCUT2D eigenvalue weighted by Crippen LogP contribution is -2.31. The van der Waals surface area contributed by atoms with Crippen LogP contribution in [0, 0.1) is 0 Å². The predicted molar refractivity (Wildman–Crippen MR) is 101 cm³/mol. The van der Waals surface area contributed by atoms with E-state index in [1.807, 2.05) is 13.8 Å². The van der Waals surface area contributed by atoms with Crippen molar-refractivity contribution in [2.75, 3.05) is 28.4 Å². The van der Waals surface area contributed by atoms with E-state index >= 15 is 0 Å². The smallest absolute Gasteiger partial charge is 0.340 e. The number of rotatable bonds is 6. The predicted octanol–water partition coefficient (Wildman–Crippen LogP) is 2.79. The number of allylic oxidation sites excluding steroid dienone is 1. The zero-order chi connectivity index (χ0) is 20.3. The van der Waals surface area contributed by atoms with Crippen LogP contribution in [0.4, 0.5) is 0 Å². The fourth-order valence-electron chi connectivity index (χ4n) is 3.21. The van der Waals surface area contributed by atoms with Gasteiger partial charge in [0, 0.05) is 17.3 Å². The summed E-state index contributed by atoms with van der Waals surface area (Å²) < 4.78 is 21.0. The van der Waals surface area contributed by atoms with Crippen molar-refractivity contribution in [1.29, 1.82) is 0 Å². The molecule has 0 N–H and O–H groups in total. The molecular weight excluding hydrogens is 350 g/mol. The molecule has 0 fully saturated rings. The first-order valence-electron chi connectivity index (χ1n) is 8.46. The Balaban J connectivity index is 2.70. The van der Waals surface area contributed by atoms with Crippen LogP contribution in [-0.4, -0.2) is 51.3 Å². The lowest BCUT2D eigenvalue weighted by Gasteiger charge is -2.22. The molecule has 0 spiro atoms. The highest BCUT2D eigenvalue weighted by Gasteiger charge is 2.38. The summed E-state index contributed by atoms with van der Waals surface area (Å²) in [4.78, 5) is 26.9. The number of methoxy groups -OCH3 is 4. The number of ether oxygens (including phenoxy) is 4. The van der Waals surface area contributed by atoms with Gasteiger partial charge in [0.15, 0.2) is 11.5 Å². The van der Waals surface area contributed by atoms with Crippen molar-refractivity contribution in [3.63, 3.8) is 0 Å². The highest BCUT2D eigenvalue weighted by Crippen LogP contribution is 2.42. The topological polar surface area (TPSA) is 74.3 Å². The second kappa shape index (κ2) is 8.16. The van der Waals surface area contributed by atoms with Gasteiger partial charge in [0.05, 0.1) is 39.6 Å². The van der Waals surface area contributed by atoms with Crippen molar-refractivity contribution in [2.24, 2.45) is 0 Å². The van der Waals surface area contributed by atoms with Gasteiger partial charge >= 0.3 is 5.97 Å². The fourth-order valence-corrected chi connectivity index (χ4v) is 3.21. The van der Waals surface area contributed by atoms with Crippen LogP contribution in [-0.2, 0) is 14.3 Å². The van der Waals surface area contributed by atoms with Gasteiger partial charge < -0.3 is 23.8 Å². The van der Waals surface area contributed by atoms with Crippen LogP contribution in [0.3, 0.4) is 0 Å². The van der Waals surface area contributed by atoms with E-state index in [2.05, 4.69) is 0 Å². The van der Waals surface area contributed by atoms with E-state index in [0.29, 0.717) is 28.5 Å². The van der Waals surface area contributed by atoms with E-state index < -0.39 is 5.97 Å². The fraction of sp³-hybridized carbons (Fsp3) is 0.400. The van der Waals surface area contributed by atoms with Gasteiger partial charge in [-0.1, -0.05) is 0 Å². The van der Waals surface area contributed by atoms with Crippen molar-refractivity contribution < 1.29 is 28.5 Å².